The van der Waals surface area contributed by atoms with Gasteiger partial charge < -0.3 is 14.5 Å². The van der Waals surface area contributed by atoms with Crippen molar-refractivity contribution in [3.8, 4) is 5.75 Å². The van der Waals surface area contributed by atoms with Crippen LogP contribution in [-0.2, 0) is 4.79 Å². The first-order chi connectivity index (χ1) is 9.01. The average Bonchev–Trinajstić information content (AvgIpc) is 2.37. The van der Waals surface area contributed by atoms with Gasteiger partial charge in [0.05, 0.1) is 5.02 Å². The lowest BCUT2D eigenvalue weighted by Gasteiger charge is -2.09. The third-order valence-electron chi connectivity index (χ3n) is 2.64. The molecule has 0 aliphatic heterocycles. The van der Waals surface area contributed by atoms with Crippen LogP contribution in [0.4, 0.5) is 0 Å². The molecule has 1 aromatic heterocycles. The number of hydrogen-bond donors (Lipinski definition) is 1. The van der Waals surface area contributed by atoms with Gasteiger partial charge in [-0.25, -0.2) is 4.79 Å². The Balaban J connectivity index is 2.43. The number of carbonyl (C=O) groups excluding carboxylic acids is 1. The van der Waals surface area contributed by atoms with E-state index >= 15 is 0 Å². The van der Waals surface area contributed by atoms with Gasteiger partial charge in [-0.05, 0) is 18.6 Å². The van der Waals surface area contributed by atoms with Gasteiger partial charge in [0.2, 0.25) is 0 Å². The number of benzene rings is 1. The average molecular weight is 282 g/mol. The second-order valence-corrected chi connectivity index (χ2v) is 4.40. The van der Waals surface area contributed by atoms with Crippen LogP contribution in [-0.4, -0.2) is 19.6 Å². The van der Waals surface area contributed by atoms with Gasteiger partial charge in [-0.3, -0.25) is 4.79 Å². The van der Waals surface area contributed by atoms with Crippen LogP contribution in [0.3, 0.4) is 0 Å². The SMILES string of the molecule is CNC(=O)COc1cc2oc(=O)cc(C)c2cc1Cl. The highest BCUT2D eigenvalue weighted by atomic mass is 35.5. The predicted octanol–water partition coefficient (Wildman–Crippen LogP) is 1.88. The molecule has 19 heavy (non-hydrogen) atoms. The van der Waals surface area contributed by atoms with Crippen molar-refractivity contribution in [1.29, 1.82) is 0 Å². The molecular formula is C13H12ClNO4. The topological polar surface area (TPSA) is 68.5 Å². The monoisotopic (exact) mass is 281 g/mol. The smallest absolute Gasteiger partial charge is 0.336 e. The third-order valence-corrected chi connectivity index (χ3v) is 2.94. The lowest BCUT2D eigenvalue weighted by Crippen LogP contribution is -2.24. The first kappa shape index (κ1) is 13.4. The van der Waals surface area contributed by atoms with Gasteiger partial charge in [0, 0.05) is 24.6 Å². The molecule has 1 amide bonds. The Bertz CT molecular complexity index is 693. The normalized spacial score (nSPS) is 10.5. The van der Waals surface area contributed by atoms with Gasteiger partial charge >= 0.3 is 5.63 Å². The van der Waals surface area contributed by atoms with Crippen LogP contribution in [0, 0.1) is 6.92 Å². The molecule has 0 atom stereocenters. The van der Waals surface area contributed by atoms with Crippen molar-refractivity contribution in [2.75, 3.05) is 13.7 Å². The molecule has 5 nitrogen and oxygen atoms in total. The predicted molar refractivity (Wildman–Crippen MR) is 71.8 cm³/mol. The molecule has 0 aliphatic rings. The van der Waals surface area contributed by atoms with Crippen LogP contribution in [0.2, 0.25) is 5.02 Å². The molecular weight excluding hydrogens is 270 g/mol. The second-order valence-electron chi connectivity index (χ2n) is 3.99. The van der Waals surface area contributed by atoms with E-state index in [2.05, 4.69) is 5.32 Å². The van der Waals surface area contributed by atoms with E-state index in [1.54, 1.807) is 13.0 Å². The summed E-state index contributed by atoms with van der Waals surface area (Å²) in [6, 6.07) is 4.55. The van der Waals surface area contributed by atoms with Gasteiger partial charge in [-0.2, -0.15) is 0 Å². The quantitative estimate of drug-likeness (QED) is 0.872. The summed E-state index contributed by atoms with van der Waals surface area (Å²) in [4.78, 5) is 22.4. The van der Waals surface area contributed by atoms with Crippen LogP contribution < -0.4 is 15.7 Å². The molecule has 0 unspecified atom stereocenters. The fraction of sp³-hybridized carbons (Fsp3) is 0.231. The number of nitrogens with one attached hydrogen (secondary N) is 1. The number of aryl methyl sites for hydroxylation is 1. The van der Waals surface area contributed by atoms with Crippen molar-refractivity contribution >= 4 is 28.5 Å². The van der Waals surface area contributed by atoms with Gasteiger partial charge in [0.1, 0.15) is 11.3 Å². The number of likely N-dealkylation sites (N-methyl/N-ethyl adjacent to an activating group) is 1. The molecule has 0 saturated heterocycles. The zero-order chi connectivity index (χ0) is 14.0. The lowest BCUT2D eigenvalue weighted by atomic mass is 10.1. The minimum atomic E-state index is -0.440. The molecule has 0 spiro atoms. The van der Waals surface area contributed by atoms with E-state index < -0.39 is 5.63 Å². The Labute approximate surface area is 114 Å². The zero-order valence-corrected chi connectivity index (χ0v) is 11.2. The van der Waals surface area contributed by atoms with Crippen LogP contribution in [0.5, 0.6) is 5.75 Å². The largest absolute Gasteiger partial charge is 0.482 e. The minimum Gasteiger partial charge on any atom is -0.482 e. The van der Waals surface area contributed by atoms with E-state index in [0.717, 1.165) is 10.9 Å². The highest BCUT2D eigenvalue weighted by Gasteiger charge is 2.10. The number of amides is 1. The molecule has 0 radical (unpaired) electrons. The Hall–Kier alpha value is -2.01. The van der Waals surface area contributed by atoms with Crippen molar-refractivity contribution in [3.63, 3.8) is 0 Å². The first-order valence-corrected chi connectivity index (χ1v) is 5.96. The Morgan fingerprint density at radius 3 is 2.84 bits per heavy atom. The number of carbonyl (C=O) groups is 1. The van der Waals surface area contributed by atoms with E-state index in [-0.39, 0.29) is 12.5 Å². The molecule has 2 rings (SSSR count). The van der Waals surface area contributed by atoms with E-state index in [1.165, 1.54) is 19.2 Å². The number of halogens is 1. The summed E-state index contributed by atoms with van der Waals surface area (Å²) >= 11 is 6.07. The maximum atomic E-state index is 11.3. The standard InChI is InChI=1S/C13H12ClNO4/c1-7-3-13(17)19-10-5-11(9(14)4-8(7)10)18-6-12(16)15-2/h3-5H,6H2,1-2H3,(H,15,16). The Kier molecular flexibility index (Phi) is 3.76. The summed E-state index contributed by atoms with van der Waals surface area (Å²) in [5.41, 5.74) is 0.705. The molecule has 1 N–H and O–H groups in total. The van der Waals surface area contributed by atoms with Gasteiger partial charge in [-0.1, -0.05) is 11.6 Å². The molecule has 0 aliphatic carbocycles. The van der Waals surface area contributed by atoms with Crippen molar-refractivity contribution < 1.29 is 13.9 Å². The van der Waals surface area contributed by atoms with Gasteiger partial charge in [0.15, 0.2) is 6.61 Å². The molecule has 6 heteroatoms. The fourth-order valence-electron chi connectivity index (χ4n) is 1.65. The van der Waals surface area contributed by atoms with Crippen molar-refractivity contribution in [2.45, 2.75) is 6.92 Å². The summed E-state index contributed by atoms with van der Waals surface area (Å²) in [6.07, 6.45) is 0. The maximum absolute atomic E-state index is 11.3. The highest BCUT2D eigenvalue weighted by Crippen LogP contribution is 2.30. The van der Waals surface area contributed by atoms with Crippen molar-refractivity contribution in [1.82, 2.24) is 5.32 Å². The summed E-state index contributed by atoms with van der Waals surface area (Å²) < 4.78 is 10.3. The summed E-state index contributed by atoms with van der Waals surface area (Å²) in [5, 5.41) is 3.52. The summed E-state index contributed by atoms with van der Waals surface area (Å²) in [7, 11) is 1.51. The van der Waals surface area contributed by atoms with Crippen molar-refractivity contribution in [3.05, 3.63) is 39.2 Å². The van der Waals surface area contributed by atoms with Crippen LogP contribution in [0.15, 0.2) is 27.4 Å². The van der Waals surface area contributed by atoms with E-state index in [4.69, 9.17) is 20.8 Å². The zero-order valence-electron chi connectivity index (χ0n) is 10.5. The number of hydrogen-bond acceptors (Lipinski definition) is 4. The highest BCUT2D eigenvalue weighted by molar-refractivity contribution is 6.32. The van der Waals surface area contributed by atoms with Crippen LogP contribution in [0.1, 0.15) is 5.56 Å². The minimum absolute atomic E-state index is 0.155. The van der Waals surface area contributed by atoms with Crippen LogP contribution in [0.25, 0.3) is 11.0 Å². The van der Waals surface area contributed by atoms with E-state index in [0.29, 0.717) is 16.4 Å². The molecule has 0 bridgehead atoms. The third kappa shape index (κ3) is 2.88. The van der Waals surface area contributed by atoms with Gasteiger partial charge in [-0.15, -0.1) is 0 Å². The first-order valence-electron chi connectivity index (χ1n) is 5.58. The second kappa shape index (κ2) is 5.32. The Morgan fingerprint density at radius 1 is 1.42 bits per heavy atom. The lowest BCUT2D eigenvalue weighted by molar-refractivity contribution is -0.122. The number of ether oxygens (including phenoxy) is 1. The van der Waals surface area contributed by atoms with Gasteiger partial charge in [0.25, 0.3) is 5.91 Å². The molecule has 1 aromatic carbocycles. The molecule has 0 saturated carbocycles. The van der Waals surface area contributed by atoms with Crippen LogP contribution >= 0.6 is 11.6 Å². The fourth-order valence-corrected chi connectivity index (χ4v) is 1.86. The Morgan fingerprint density at radius 2 is 2.16 bits per heavy atom. The van der Waals surface area contributed by atoms with Crippen molar-refractivity contribution in [2.24, 2.45) is 0 Å². The van der Waals surface area contributed by atoms with E-state index in [1.807, 2.05) is 0 Å². The number of fused-ring (bicyclic) bond motifs is 1. The molecule has 2 aromatic rings. The maximum Gasteiger partial charge on any atom is 0.336 e. The molecule has 1 heterocycles. The number of rotatable bonds is 3. The van der Waals surface area contributed by atoms with E-state index in [9.17, 15) is 9.59 Å². The summed E-state index contributed by atoms with van der Waals surface area (Å²) in [5.74, 6) is 0.0216. The molecule has 0 fully saturated rings. The molecule has 100 valence electrons. The summed E-state index contributed by atoms with van der Waals surface area (Å²) in [6.45, 7) is 1.64.